The lowest BCUT2D eigenvalue weighted by Gasteiger charge is -2.20. The third-order valence-electron chi connectivity index (χ3n) is 4.20. The molecule has 0 saturated heterocycles. The van der Waals surface area contributed by atoms with Crippen LogP contribution in [0.25, 0.3) is 0 Å². The Morgan fingerprint density at radius 1 is 0.966 bits per heavy atom. The van der Waals surface area contributed by atoms with E-state index >= 15 is 0 Å². The van der Waals surface area contributed by atoms with E-state index in [0.29, 0.717) is 5.69 Å². The quantitative estimate of drug-likeness (QED) is 0.617. The molecule has 0 aliphatic carbocycles. The molecule has 10 heteroatoms. The van der Waals surface area contributed by atoms with Crippen molar-refractivity contribution >= 4 is 27.6 Å². The molecule has 9 nitrogen and oxygen atoms in total. The highest BCUT2D eigenvalue weighted by atomic mass is 32.2. The molecule has 0 aliphatic heterocycles. The van der Waals surface area contributed by atoms with Crippen LogP contribution in [0, 0.1) is 0 Å². The predicted molar refractivity (Wildman–Crippen MR) is 109 cm³/mol. The molecule has 0 spiro atoms. The fourth-order valence-electron chi connectivity index (χ4n) is 2.72. The summed E-state index contributed by atoms with van der Waals surface area (Å²) in [5.41, 5.74) is 2.48. The summed E-state index contributed by atoms with van der Waals surface area (Å²) < 4.78 is 26.8. The standard InChI is InChI=1S/C19H25N5O4S/c1-11(2)14-7-6-8-15(12(3)4)16(14)23-18(26)24-29(27,28)19-21-9-13(10-22-19)17(25)20-5/h6-12H,1-5H3,(H,20,25)(H2,23,24,26). The number of hydrogen-bond acceptors (Lipinski definition) is 6. The predicted octanol–water partition coefficient (Wildman–Crippen LogP) is 2.59. The number of carbonyl (C=O) groups excluding carboxylic acids is 2. The minimum Gasteiger partial charge on any atom is -0.355 e. The fraction of sp³-hybridized carbons (Fsp3) is 0.368. The van der Waals surface area contributed by atoms with Crippen molar-refractivity contribution in [3.8, 4) is 0 Å². The fourth-order valence-corrected chi connectivity index (χ4v) is 3.49. The Kier molecular flexibility index (Phi) is 6.91. The number of para-hydroxylation sites is 1. The summed E-state index contributed by atoms with van der Waals surface area (Å²) in [7, 11) is -2.88. The maximum atomic E-state index is 12.5. The molecule has 3 amide bonds. The maximum Gasteiger partial charge on any atom is 0.333 e. The van der Waals surface area contributed by atoms with Crippen LogP contribution in [0.1, 0.15) is 61.0 Å². The first-order valence-electron chi connectivity index (χ1n) is 9.07. The molecule has 0 fully saturated rings. The number of aromatic nitrogens is 2. The summed E-state index contributed by atoms with van der Waals surface area (Å²) in [6, 6.07) is 4.77. The molecule has 0 unspecified atom stereocenters. The number of hydrogen-bond donors (Lipinski definition) is 3. The summed E-state index contributed by atoms with van der Waals surface area (Å²) in [5, 5.41) is 4.43. The van der Waals surface area contributed by atoms with Gasteiger partial charge < -0.3 is 10.6 Å². The van der Waals surface area contributed by atoms with Crippen molar-refractivity contribution in [3.63, 3.8) is 0 Å². The van der Waals surface area contributed by atoms with Crippen LogP contribution in [-0.4, -0.2) is 37.4 Å². The van der Waals surface area contributed by atoms with Gasteiger partial charge in [0.05, 0.1) is 5.56 Å². The zero-order valence-electron chi connectivity index (χ0n) is 17.0. The monoisotopic (exact) mass is 419 g/mol. The Balaban J connectivity index is 2.26. The van der Waals surface area contributed by atoms with Crippen molar-refractivity contribution in [1.82, 2.24) is 20.0 Å². The molecule has 1 aromatic carbocycles. The Morgan fingerprint density at radius 3 is 1.93 bits per heavy atom. The second-order valence-electron chi connectivity index (χ2n) is 7.01. The van der Waals surface area contributed by atoms with Crippen molar-refractivity contribution < 1.29 is 18.0 Å². The molecule has 3 N–H and O–H groups in total. The maximum absolute atomic E-state index is 12.5. The van der Waals surface area contributed by atoms with Crippen LogP contribution >= 0.6 is 0 Å². The molecule has 0 atom stereocenters. The first-order chi connectivity index (χ1) is 13.6. The molecule has 0 aliphatic rings. The van der Waals surface area contributed by atoms with E-state index in [1.54, 1.807) is 0 Å². The second-order valence-corrected chi connectivity index (χ2v) is 8.59. The van der Waals surface area contributed by atoms with Crippen LogP contribution in [0.15, 0.2) is 35.7 Å². The van der Waals surface area contributed by atoms with Gasteiger partial charge in [-0.2, -0.15) is 8.42 Å². The minimum atomic E-state index is -4.31. The van der Waals surface area contributed by atoms with Gasteiger partial charge in [-0.15, -0.1) is 0 Å². The van der Waals surface area contributed by atoms with E-state index in [1.807, 2.05) is 50.6 Å². The number of urea groups is 1. The van der Waals surface area contributed by atoms with Crippen LogP contribution in [0.4, 0.5) is 10.5 Å². The van der Waals surface area contributed by atoms with E-state index in [0.717, 1.165) is 23.5 Å². The molecule has 156 valence electrons. The highest BCUT2D eigenvalue weighted by Gasteiger charge is 2.23. The van der Waals surface area contributed by atoms with Crippen molar-refractivity contribution in [2.45, 2.75) is 44.7 Å². The number of amides is 3. The minimum absolute atomic E-state index is 0.100. The molecule has 1 aromatic heterocycles. The van der Waals surface area contributed by atoms with E-state index < -0.39 is 27.1 Å². The van der Waals surface area contributed by atoms with E-state index in [9.17, 15) is 18.0 Å². The number of nitrogens with zero attached hydrogens (tertiary/aromatic N) is 2. The van der Waals surface area contributed by atoms with Gasteiger partial charge in [0.1, 0.15) is 0 Å². The third-order valence-corrected chi connectivity index (χ3v) is 5.34. The van der Waals surface area contributed by atoms with Gasteiger partial charge in [-0.1, -0.05) is 45.9 Å². The normalized spacial score (nSPS) is 11.4. The summed E-state index contributed by atoms with van der Waals surface area (Å²) in [6.45, 7) is 7.95. The van der Waals surface area contributed by atoms with E-state index in [1.165, 1.54) is 7.05 Å². The van der Waals surface area contributed by atoms with Crippen molar-refractivity contribution in [1.29, 1.82) is 0 Å². The van der Waals surface area contributed by atoms with Crippen LogP contribution < -0.4 is 15.4 Å². The van der Waals surface area contributed by atoms with Gasteiger partial charge in [-0.25, -0.2) is 19.5 Å². The van der Waals surface area contributed by atoms with Gasteiger partial charge in [0.15, 0.2) is 0 Å². The van der Waals surface area contributed by atoms with Gasteiger partial charge in [0, 0.05) is 25.1 Å². The molecule has 1 heterocycles. The van der Waals surface area contributed by atoms with Gasteiger partial charge in [0.2, 0.25) is 0 Å². The Hall–Kier alpha value is -3.01. The number of anilines is 1. The number of rotatable bonds is 6. The van der Waals surface area contributed by atoms with Gasteiger partial charge in [-0.05, 0) is 23.0 Å². The Bertz CT molecular complexity index is 976. The summed E-state index contributed by atoms with van der Waals surface area (Å²) in [5.74, 6) is -0.200. The highest BCUT2D eigenvalue weighted by molar-refractivity contribution is 7.89. The lowest BCUT2D eigenvalue weighted by molar-refractivity contribution is 0.0962. The topological polar surface area (TPSA) is 130 Å². The highest BCUT2D eigenvalue weighted by Crippen LogP contribution is 2.32. The zero-order chi connectivity index (χ0) is 21.8. The summed E-state index contributed by atoms with van der Waals surface area (Å²) in [4.78, 5) is 31.3. The molecule has 0 radical (unpaired) electrons. The molecule has 0 bridgehead atoms. The average Bonchev–Trinajstić information content (AvgIpc) is 2.66. The van der Waals surface area contributed by atoms with Crippen LogP contribution in [0.2, 0.25) is 0 Å². The van der Waals surface area contributed by atoms with E-state index in [-0.39, 0.29) is 17.4 Å². The van der Waals surface area contributed by atoms with Crippen LogP contribution in [0.5, 0.6) is 0 Å². The van der Waals surface area contributed by atoms with Crippen molar-refractivity contribution in [3.05, 3.63) is 47.3 Å². The number of benzene rings is 1. The SMILES string of the molecule is CNC(=O)c1cnc(S(=O)(=O)NC(=O)Nc2c(C(C)C)cccc2C(C)C)nc1. The number of sulfonamides is 1. The number of nitrogens with one attached hydrogen (secondary N) is 3. The number of carbonyl (C=O) groups is 2. The first kappa shape index (κ1) is 22.3. The molecular weight excluding hydrogens is 394 g/mol. The van der Waals surface area contributed by atoms with Gasteiger partial charge >= 0.3 is 16.1 Å². The molecule has 0 saturated carbocycles. The molecule has 29 heavy (non-hydrogen) atoms. The van der Waals surface area contributed by atoms with Crippen molar-refractivity contribution in [2.24, 2.45) is 0 Å². The lowest BCUT2D eigenvalue weighted by atomic mass is 9.93. The van der Waals surface area contributed by atoms with Gasteiger partial charge in [-0.3, -0.25) is 4.79 Å². The first-order valence-corrected chi connectivity index (χ1v) is 10.6. The van der Waals surface area contributed by atoms with E-state index in [4.69, 9.17) is 0 Å². The average molecular weight is 420 g/mol. The Morgan fingerprint density at radius 2 is 1.48 bits per heavy atom. The molecular formula is C19H25N5O4S. The lowest BCUT2D eigenvalue weighted by Crippen LogP contribution is -2.36. The summed E-state index contributed by atoms with van der Waals surface area (Å²) >= 11 is 0. The van der Waals surface area contributed by atoms with Crippen LogP contribution in [0.3, 0.4) is 0 Å². The molecule has 2 aromatic rings. The smallest absolute Gasteiger partial charge is 0.333 e. The van der Waals surface area contributed by atoms with Crippen LogP contribution in [-0.2, 0) is 10.0 Å². The Labute approximate surface area is 170 Å². The van der Waals surface area contributed by atoms with Gasteiger partial charge in [0.25, 0.3) is 11.1 Å². The zero-order valence-corrected chi connectivity index (χ0v) is 17.8. The third kappa shape index (κ3) is 5.29. The molecule has 2 rings (SSSR count). The largest absolute Gasteiger partial charge is 0.355 e. The summed E-state index contributed by atoms with van der Waals surface area (Å²) in [6.07, 6.45) is 2.15. The van der Waals surface area contributed by atoms with E-state index in [2.05, 4.69) is 20.6 Å². The second kappa shape index (κ2) is 8.99. The van der Waals surface area contributed by atoms with Crippen molar-refractivity contribution in [2.75, 3.05) is 12.4 Å².